The molecule has 0 radical (unpaired) electrons. The van der Waals surface area contributed by atoms with Gasteiger partial charge in [-0.2, -0.15) is 0 Å². The summed E-state index contributed by atoms with van der Waals surface area (Å²) in [4.78, 5) is 4.24. The van der Waals surface area contributed by atoms with Crippen LogP contribution in [-0.2, 0) is 4.74 Å². The summed E-state index contributed by atoms with van der Waals surface area (Å²) in [5, 5.41) is 0. The minimum atomic E-state index is 0.457. The van der Waals surface area contributed by atoms with E-state index in [2.05, 4.69) is 32.7 Å². The summed E-state index contributed by atoms with van der Waals surface area (Å²) in [5.41, 5.74) is 0.791. The topological polar surface area (TPSA) is 40.0 Å². The zero-order valence-electron chi connectivity index (χ0n) is 13.8. The number of benzene rings is 1. The fraction of sp³-hybridized carbons (Fsp3) is 0.588. The molecule has 1 rings (SSSR count). The van der Waals surface area contributed by atoms with Gasteiger partial charge in [0.2, 0.25) is 0 Å². The van der Waals surface area contributed by atoms with Gasteiger partial charge in [-0.25, -0.2) is 4.99 Å². The lowest BCUT2D eigenvalue weighted by Gasteiger charge is -2.15. The van der Waals surface area contributed by atoms with Crippen molar-refractivity contribution in [2.24, 2.45) is 16.8 Å². The predicted molar refractivity (Wildman–Crippen MR) is 86.9 cm³/mol. The van der Waals surface area contributed by atoms with Crippen molar-refractivity contribution >= 4 is 12.1 Å². The van der Waals surface area contributed by atoms with Crippen LogP contribution in [0.4, 0.5) is 5.69 Å². The monoisotopic (exact) mass is 293 g/mol. The summed E-state index contributed by atoms with van der Waals surface area (Å²) >= 11 is 0. The van der Waals surface area contributed by atoms with E-state index in [4.69, 9.17) is 14.2 Å². The fourth-order valence-electron chi connectivity index (χ4n) is 1.49. The first kappa shape index (κ1) is 17.3. The van der Waals surface area contributed by atoms with Crippen molar-refractivity contribution in [2.75, 3.05) is 19.8 Å². The molecule has 0 saturated carbocycles. The van der Waals surface area contributed by atoms with E-state index in [1.54, 1.807) is 0 Å². The Morgan fingerprint density at radius 1 is 1.00 bits per heavy atom. The highest BCUT2D eigenvalue weighted by atomic mass is 16.5. The van der Waals surface area contributed by atoms with E-state index in [0.717, 1.165) is 17.2 Å². The van der Waals surface area contributed by atoms with Crippen LogP contribution in [-0.4, -0.2) is 26.2 Å². The minimum absolute atomic E-state index is 0.457. The number of hydrogen-bond donors (Lipinski definition) is 0. The molecule has 0 aliphatic carbocycles. The van der Waals surface area contributed by atoms with E-state index in [1.807, 2.05) is 25.1 Å². The largest absolute Gasteiger partial charge is 0.489 e. The third kappa shape index (κ3) is 7.02. The van der Waals surface area contributed by atoms with Crippen LogP contribution >= 0.6 is 0 Å². The van der Waals surface area contributed by atoms with Crippen molar-refractivity contribution in [3.63, 3.8) is 0 Å². The van der Waals surface area contributed by atoms with Crippen molar-refractivity contribution in [3.8, 4) is 11.5 Å². The van der Waals surface area contributed by atoms with E-state index >= 15 is 0 Å². The van der Waals surface area contributed by atoms with Crippen molar-refractivity contribution in [2.45, 2.75) is 34.6 Å². The van der Waals surface area contributed by atoms with Gasteiger partial charge in [0.05, 0.1) is 25.5 Å². The Morgan fingerprint density at radius 3 is 2.19 bits per heavy atom. The van der Waals surface area contributed by atoms with Gasteiger partial charge in [-0.1, -0.05) is 27.7 Å². The molecule has 0 fully saturated rings. The summed E-state index contributed by atoms with van der Waals surface area (Å²) in [7, 11) is 0. The minimum Gasteiger partial charge on any atom is -0.489 e. The quantitative estimate of drug-likeness (QED) is 0.499. The lowest BCUT2D eigenvalue weighted by atomic mass is 10.2. The smallest absolute Gasteiger partial charge is 0.174 e. The van der Waals surface area contributed by atoms with Gasteiger partial charge in [-0.05, 0) is 30.9 Å². The molecule has 0 amide bonds. The number of aliphatic imine (C=N–C) groups is 1. The lowest BCUT2D eigenvalue weighted by molar-refractivity contribution is 0.229. The molecule has 0 heterocycles. The lowest BCUT2D eigenvalue weighted by Crippen LogP contribution is -2.08. The van der Waals surface area contributed by atoms with Crippen LogP contribution in [0.25, 0.3) is 0 Å². The van der Waals surface area contributed by atoms with Crippen LogP contribution in [0.5, 0.6) is 11.5 Å². The van der Waals surface area contributed by atoms with Gasteiger partial charge in [0, 0.05) is 6.07 Å². The van der Waals surface area contributed by atoms with Gasteiger partial charge in [-0.15, -0.1) is 0 Å². The first-order valence-electron chi connectivity index (χ1n) is 7.56. The summed E-state index contributed by atoms with van der Waals surface area (Å²) in [6, 6.07) is 5.68. The molecule has 4 heteroatoms. The second-order valence-electron chi connectivity index (χ2n) is 5.73. The molecule has 1 aromatic rings. The zero-order valence-corrected chi connectivity index (χ0v) is 13.8. The van der Waals surface area contributed by atoms with Crippen LogP contribution in [0.1, 0.15) is 34.6 Å². The Hall–Kier alpha value is -1.71. The molecule has 4 nitrogen and oxygen atoms in total. The molecule has 0 bridgehead atoms. The van der Waals surface area contributed by atoms with Crippen molar-refractivity contribution in [1.82, 2.24) is 0 Å². The van der Waals surface area contributed by atoms with Gasteiger partial charge >= 0.3 is 0 Å². The third-order valence-corrected chi connectivity index (χ3v) is 2.51. The number of rotatable bonds is 9. The first-order valence-corrected chi connectivity index (χ1v) is 7.56. The second-order valence-corrected chi connectivity index (χ2v) is 5.73. The van der Waals surface area contributed by atoms with Gasteiger partial charge in [-0.3, -0.25) is 0 Å². The predicted octanol–water partition coefficient (Wildman–Crippen LogP) is 4.45. The van der Waals surface area contributed by atoms with Gasteiger partial charge < -0.3 is 14.2 Å². The molecule has 21 heavy (non-hydrogen) atoms. The standard InChI is InChI=1S/C17H27NO3/c1-6-19-12-18-15-7-8-16(20-10-13(2)3)17(9-15)21-11-14(4)5/h7-9,12-14H,6,10-11H2,1-5H3. The molecule has 0 unspecified atom stereocenters. The van der Waals surface area contributed by atoms with Crippen LogP contribution in [0.3, 0.4) is 0 Å². The normalized spacial score (nSPS) is 11.4. The molecule has 0 atom stereocenters. The molecular weight excluding hydrogens is 266 g/mol. The molecular formula is C17H27NO3. The molecule has 0 saturated heterocycles. The van der Waals surface area contributed by atoms with Crippen molar-refractivity contribution in [1.29, 1.82) is 0 Å². The fourth-order valence-corrected chi connectivity index (χ4v) is 1.49. The maximum atomic E-state index is 5.84. The highest BCUT2D eigenvalue weighted by Crippen LogP contribution is 2.32. The van der Waals surface area contributed by atoms with Crippen LogP contribution in [0.15, 0.2) is 23.2 Å². The molecule has 0 N–H and O–H groups in total. The van der Waals surface area contributed by atoms with E-state index in [-0.39, 0.29) is 0 Å². The molecule has 0 spiro atoms. The van der Waals surface area contributed by atoms with Crippen LogP contribution in [0, 0.1) is 11.8 Å². The van der Waals surface area contributed by atoms with Gasteiger partial charge in [0.1, 0.15) is 0 Å². The highest BCUT2D eigenvalue weighted by molar-refractivity contribution is 5.59. The van der Waals surface area contributed by atoms with Gasteiger partial charge in [0.15, 0.2) is 17.9 Å². The van der Waals surface area contributed by atoms with E-state index < -0.39 is 0 Å². The average molecular weight is 293 g/mol. The summed E-state index contributed by atoms with van der Waals surface area (Å²) < 4.78 is 16.8. The molecule has 118 valence electrons. The Labute approximate surface area is 128 Å². The molecule has 0 aliphatic heterocycles. The van der Waals surface area contributed by atoms with Crippen molar-refractivity contribution < 1.29 is 14.2 Å². The number of hydrogen-bond acceptors (Lipinski definition) is 4. The summed E-state index contributed by atoms with van der Waals surface area (Å²) in [6.45, 7) is 12.3. The Balaban J connectivity index is 2.84. The Kier molecular flexibility index (Phi) is 7.65. The molecule has 0 aromatic heterocycles. The van der Waals surface area contributed by atoms with Crippen molar-refractivity contribution in [3.05, 3.63) is 18.2 Å². The number of ether oxygens (including phenoxy) is 3. The molecule has 0 aliphatic rings. The highest BCUT2D eigenvalue weighted by Gasteiger charge is 2.08. The Morgan fingerprint density at radius 2 is 1.62 bits per heavy atom. The van der Waals surface area contributed by atoms with E-state index in [0.29, 0.717) is 31.7 Å². The van der Waals surface area contributed by atoms with E-state index in [9.17, 15) is 0 Å². The van der Waals surface area contributed by atoms with Gasteiger partial charge in [0.25, 0.3) is 0 Å². The third-order valence-electron chi connectivity index (χ3n) is 2.51. The Bertz CT molecular complexity index is 442. The summed E-state index contributed by atoms with van der Waals surface area (Å²) in [6.07, 6.45) is 1.45. The first-order chi connectivity index (χ1) is 10.0. The molecule has 1 aromatic carbocycles. The maximum Gasteiger partial charge on any atom is 0.174 e. The average Bonchev–Trinajstić information content (AvgIpc) is 2.44. The SMILES string of the molecule is CCOC=Nc1ccc(OCC(C)C)c(OCC(C)C)c1. The number of nitrogens with zero attached hydrogens (tertiary/aromatic N) is 1. The zero-order chi connectivity index (χ0) is 15.7. The maximum absolute atomic E-state index is 5.84. The van der Waals surface area contributed by atoms with Crippen LogP contribution < -0.4 is 9.47 Å². The van der Waals surface area contributed by atoms with Crippen LogP contribution in [0.2, 0.25) is 0 Å². The van der Waals surface area contributed by atoms with E-state index in [1.165, 1.54) is 6.40 Å². The summed E-state index contributed by atoms with van der Waals surface area (Å²) in [5.74, 6) is 2.42. The second kappa shape index (κ2) is 9.27.